The van der Waals surface area contributed by atoms with E-state index in [1.807, 2.05) is 44.2 Å². The molecular weight excluding hydrogens is 200 g/mol. The van der Waals surface area contributed by atoms with Crippen LogP contribution in [0.4, 0.5) is 0 Å². The number of benzene rings is 2. The van der Waals surface area contributed by atoms with Crippen LogP contribution in [-0.2, 0) is 5.41 Å². The van der Waals surface area contributed by atoms with Crippen LogP contribution in [0.25, 0.3) is 10.8 Å². The van der Waals surface area contributed by atoms with Crippen molar-refractivity contribution in [3.05, 3.63) is 42.0 Å². The summed E-state index contributed by atoms with van der Waals surface area (Å²) in [4.78, 5) is 0. The Bertz CT molecular complexity index is 515. The zero-order valence-corrected chi connectivity index (χ0v) is 9.57. The quantitative estimate of drug-likeness (QED) is 0.810. The normalized spacial score (nSPS) is 11.9. The Labute approximate surface area is 95.2 Å². The Morgan fingerprint density at radius 2 is 1.62 bits per heavy atom. The van der Waals surface area contributed by atoms with Crippen molar-refractivity contribution in [1.82, 2.24) is 0 Å². The van der Waals surface area contributed by atoms with Gasteiger partial charge in [-0.15, -0.1) is 0 Å². The number of phenolic OH excluding ortho intramolecular Hbond substituents is 1. The summed E-state index contributed by atoms with van der Waals surface area (Å²) in [6.07, 6.45) is 0. The van der Waals surface area contributed by atoms with E-state index in [2.05, 4.69) is 0 Å². The summed E-state index contributed by atoms with van der Waals surface area (Å²) in [6, 6.07) is 11.3. The standard InChI is InChI=1S/C14H16O2/c1-14(2,9-15)12-7-3-6-11-10(12)5-4-8-13(11)16/h3-8,15-16H,9H2,1-2H3. The molecule has 0 saturated heterocycles. The molecule has 2 nitrogen and oxygen atoms in total. The monoisotopic (exact) mass is 216 g/mol. The highest BCUT2D eigenvalue weighted by molar-refractivity contribution is 5.91. The van der Waals surface area contributed by atoms with Gasteiger partial charge in [0.1, 0.15) is 5.75 Å². The van der Waals surface area contributed by atoms with E-state index in [1.165, 1.54) is 0 Å². The Hall–Kier alpha value is -1.54. The van der Waals surface area contributed by atoms with E-state index < -0.39 is 0 Å². The van der Waals surface area contributed by atoms with Gasteiger partial charge in [0, 0.05) is 10.8 Å². The van der Waals surface area contributed by atoms with E-state index in [1.54, 1.807) is 6.07 Å². The lowest BCUT2D eigenvalue weighted by Crippen LogP contribution is -2.22. The Kier molecular flexibility index (Phi) is 2.60. The van der Waals surface area contributed by atoms with Crippen molar-refractivity contribution in [2.75, 3.05) is 6.61 Å². The second-order valence-electron chi connectivity index (χ2n) is 4.72. The minimum Gasteiger partial charge on any atom is -0.507 e. The molecule has 0 bridgehead atoms. The molecular formula is C14H16O2. The molecule has 2 heteroatoms. The van der Waals surface area contributed by atoms with Gasteiger partial charge < -0.3 is 10.2 Å². The van der Waals surface area contributed by atoms with Crippen LogP contribution < -0.4 is 0 Å². The number of fused-ring (bicyclic) bond motifs is 1. The first-order chi connectivity index (χ1) is 7.56. The fourth-order valence-corrected chi connectivity index (χ4v) is 1.97. The Morgan fingerprint density at radius 1 is 1.00 bits per heavy atom. The molecule has 84 valence electrons. The van der Waals surface area contributed by atoms with Crippen molar-refractivity contribution in [1.29, 1.82) is 0 Å². The lowest BCUT2D eigenvalue weighted by molar-refractivity contribution is 0.219. The van der Waals surface area contributed by atoms with Gasteiger partial charge in [-0.3, -0.25) is 0 Å². The summed E-state index contributed by atoms with van der Waals surface area (Å²) in [6.45, 7) is 4.07. The van der Waals surface area contributed by atoms with Gasteiger partial charge in [0.2, 0.25) is 0 Å². The first kappa shape index (κ1) is 11.0. The molecule has 2 aromatic carbocycles. The highest BCUT2D eigenvalue weighted by Crippen LogP contribution is 2.33. The maximum atomic E-state index is 9.77. The SMILES string of the molecule is CC(C)(CO)c1cccc2c(O)cccc12. The third kappa shape index (κ3) is 1.65. The number of rotatable bonds is 2. The number of aromatic hydroxyl groups is 1. The van der Waals surface area contributed by atoms with Gasteiger partial charge in [-0.1, -0.05) is 44.2 Å². The van der Waals surface area contributed by atoms with Crippen LogP contribution >= 0.6 is 0 Å². The first-order valence-corrected chi connectivity index (χ1v) is 5.38. The molecule has 2 rings (SSSR count). The maximum Gasteiger partial charge on any atom is 0.123 e. The molecule has 0 aliphatic heterocycles. The van der Waals surface area contributed by atoms with Crippen molar-refractivity contribution >= 4 is 10.8 Å². The maximum absolute atomic E-state index is 9.77. The third-order valence-corrected chi connectivity index (χ3v) is 3.02. The average molecular weight is 216 g/mol. The highest BCUT2D eigenvalue weighted by atomic mass is 16.3. The largest absolute Gasteiger partial charge is 0.507 e. The Morgan fingerprint density at radius 3 is 2.31 bits per heavy atom. The zero-order valence-electron chi connectivity index (χ0n) is 9.57. The average Bonchev–Trinajstić information content (AvgIpc) is 2.29. The lowest BCUT2D eigenvalue weighted by Gasteiger charge is -2.24. The predicted octanol–water partition coefficient (Wildman–Crippen LogP) is 2.82. The summed E-state index contributed by atoms with van der Waals surface area (Å²) >= 11 is 0. The fraction of sp³-hybridized carbons (Fsp3) is 0.286. The molecule has 0 fully saturated rings. The van der Waals surface area contributed by atoms with E-state index in [0.717, 1.165) is 16.3 Å². The number of hydrogen-bond acceptors (Lipinski definition) is 2. The molecule has 2 N–H and O–H groups in total. The fourth-order valence-electron chi connectivity index (χ4n) is 1.97. The van der Waals surface area contributed by atoms with Gasteiger partial charge in [0.25, 0.3) is 0 Å². The first-order valence-electron chi connectivity index (χ1n) is 5.38. The van der Waals surface area contributed by atoms with Crippen LogP contribution in [0.2, 0.25) is 0 Å². The summed E-state index contributed by atoms with van der Waals surface area (Å²) in [5, 5.41) is 21.0. The van der Waals surface area contributed by atoms with E-state index in [0.29, 0.717) is 0 Å². The van der Waals surface area contributed by atoms with Crippen LogP contribution in [0.3, 0.4) is 0 Å². The number of hydrogen-bond donors (Lipinski definition) is 2. The molecule has 0 aliphatic carbocycles. The van der Waals surface area contributed by atoms with Gasteiger partial charge in [-0.2, -0.15) is 0 Å². The van der Waals surface area contributed by atoms with Crippen molar-refractivity contribution in [2.45, 2.75) is 19.3 Å². The Balaban J connectivity index is 2.77. The third-order valence-electron chi connectivity index (χ3n) is 3.02. The summed E-state index contributed by atoms with van der Waals surface area (Å²) in [7, 11) is 0. The zero-order chi connectivity index (χ0) is 11.8. The molecule has 0 spiro atoms. The molecule has 2 aromatic rings. The van der Waals surface area contributed by atoms with Crippen LogP contribution in [0.15, 0.2) is 36.4 Å². The lowest BCUT2D eigenvalue weighted by atomic mass is 9.82. The van der Waals surface area contributed by atoms with Gasteiger partial charge in [-0.25, -0.2) is 0 Å². The summed E-state index contributed by atoms with van der Waals surface area (Å²) < 4.78 is 0. The van der Waals surface area contributed by atoms with Gasteiger partial charge >= 0.3 is 0 Å². The van der Waals surface area contributed by atoms with E-state index in [9.17, 15) is 10.2 Å². The molecule has 0 aliphatic rings. The van der Waals surface area contributed by atoms with Crippen LogP contribution in [-0.4, -0.2) is 16.8 Å². The number of aliphatic hydroxyl groups excluding tert-OH is 1. The van der Waals surface area contributed by atoms with Crippen LogP contribution in [0, 0.1) is 0 Å². The topological polar surface area (TPSA) is 40.5 Å². The highest BCUT2D eigenvalue weighted by Gasteiger charge is 2.21. The van der Waals surface area contributed by atoms with Crippen molar-refractivity contribution in [3.8, 4) is 5.75 Å². The van der Waals surface area contributed by atoms with Gasteiger partial charge in [0.15, 0.2) is 0 Å². The van der Waals surface area contributed by atoms with Crippen molar-refractivity contribution < 1.29 is 10.2 Å². The predicted molar refractivity (Wildman–Crippen MR) is 65.7 cm³/mol. The minimum atomic E-state index is -0.298. The molecule has 0 unspecified atom stereocenters. The molecule has 0 aromatic heterocycles. The van der Waals surface area contributed by atoms with Gasteiger partial charge in [0.05, 0.1) is 6.61 Å². The summed E-state index contributed by atoms with van der Waals surface area (Å²) in [5.74, 6) is 0.285. The molecule has 16 heavy (non-hydrogen) atoms. The molecule has 0 saturated carbocycles. The second-order valence-corrected chi connectivity index (χ2v) is 4.72. The molecule has 0 amide bonds. The van der Waals surface area contributed by atoms with Crippen LogP contribution in [0.1, 0.15) is 19.4 Å². The van der Waals surface area contributed by atoms with Crippen LogP contribution in [0.5, 0.6) is 5.75 Å². The van der Waals surface area contributed by atoms with E-state index >= 15 is 0 Å². The second kappa shape index (κ2) is 3.80. The minimum absolute atomic E-state index is 0.0851. The molecule has 0 atom stereocenters. The van der Waals surface area contributed by atoms with E-state index in [4.69, 9.17) is 0 Å². The van der Waals surface area contributed by atoms with E-state index in [-0.39, 0.29) is 17.8 Å². The smallest absolute Gasteiger partial charge is 0.123 e. The summed E-state index contributed by atoms with van der Waals surface area (Å²) in [5.41, 5.74) is 0.760. The molecule has 0 radical (unpaired) electrons. The number of phenols is 1. The van der Waals surface area contributed by atoms with Gasteiger partial charge in [-0.05, 0) is 17.0 Å². The van der Waals surface area contributed by atoms with Crippen molar-refractivity contribution in [2.24, 2.45) is 0 Å². The number of aliphatic hydroxyl groups is 1. The van der Waals surface area contributed by atoms with Crippen molar-refractivity contribution in [3.63, 3.8) is 0 Å². The molecule has 0 heterocycles.